The van der Waals surface area contributed by atoms with Crippen molar-refractivity contribution in [1.29, 1.82) is 0 Å². The third-order valence-corrected chi connectivity index (χ3v) is 10.2. The van der Waals surface area contributed by atoms with Gasteiger partial charge in [0.25, 0.3) is 17.5 Å². The van der Waals surface area contributed by atoms with Crippen LogP contribution in [-0.2, 0) is 9.59 Å². The zero-order valence-corrected chi connectivity index (χ0v) is 30.5. The normalized spacial score (nSPS) is 11.7. The van der Waals surface area contributed by atoms with E-state index in [1.807, 2.05) is 30.3 Å². The molecule has 6 rings (SSSR count). The van der Waals surface area contributed by atoms with Crippen LogP contribution in [0, 0.1) is 10.1 Å². The van der Waals surface area contributed by atoms with E-state index in [9.17, 15) is 24.5 Å². The van der Waals surface area contributed by atoms with Crippen molar-refractivity contribution in [3.05, 3.63) is 175 Å². The number of rotatable bonds is 12. The Labute approximate surface area is 322 Å². The number of hydrogen-bond acceptors (Lipinski definition) is 8. The molecule has 1 atom stereocenters. The summed E-state index contributed by atoms with van der Waals surface area (Å²) in [4.78, 5) is 56.3. The van der Waals surface area contributed by atoms with E-state index in [2.05, 4.69) is 20.9 Å². The highest BCUT2D eigenvalue weighted by atomic mass is 35.5. The maximum Gasteiger partial charge on any atom is 0.272 e. The molecule has 0 aliphatic rings. The second kappa shape index (κ2) is 17.2. The number of nitrogens with zero attached hydrogens (tertiary/aromatic N) is 2. The molecule has 0 aliphatic heterocycles. The fraction of sp³-hybridized carbons (Fsp3) is 0.0256. The first-order valence-corrected chi connectivity index (χ1v) is 18.3. The molecule has 0 saturated carbocycles. The largest absolute Gasteiger partial charge is 0.321 e. The molecule has 0 radical (unpaired) electrons. The molecule has 0 saturated heterocycles. The SMILES string of the molecule is O=C(Nc1ccc(SC(C(=O)Nc2nc(-c3cccc([N+](=O)[O-])c3)cs2)c2ccccc2)cc1)/C(=C/c1ccc(Cl)cc1Cl)NC(=O)c1ccccc1. The van der Waals surface area contributed by atoms with Gasteiger partial charge in [0.2, 0.25) is 5.91 Å². The monoisotopic (exact) mass is 779 g/mol. The van der Waals surface area contributed by atoms with E-state index in [1.165, 1.54) is 47.4 Å². The van der Waals surface area contributed by atoms with E-state index in [4.69, 9.17) is 23.2 Å². The Kier molecular flexibility index (Phi) is 12.0. The van der Waals surface area contributed by atoms with Crippen LogP contribution in [0.3, 0.4) is 0 Å². The van der Waals surface area contributed by atoms with Crippen LogP contribution in [0.5, 0.6) is 0 Å². The fourth-order valence-electron chi connectivity index (χ4n) is 4.98. The highest BCUT2D eigenvalue weighted by Gasteiger charge is 2.24. The zero-order chi connectivity index (χ0) is 37.3. The number of non-ortho nitro benzene ring substituents is 1. The Hall–Kier alpha value is -5.79. The summed E-state index contributed by atoms with van der Waals surface area (Å²) in [6.07, 6.45) is 1.47. The van der Waals surface area contributed by atoms with E-state index in [0.29, 0.717) is 43.2 Å². The average molecular weight is 781 g/mol. The van der Waals surface area contributed by atoms with Crippen molar-refractivity contribution in [3.8, 4) is 11.3 Å². The number of anilines is 2. The number of amides is 3. The van der Waals surface area contributed by atoms with E-state index in [0.717, 1.165) is 10.5 Å². The number of benzene rings is 5. The van der Waals surface area contributed by atoms with Gasteiger partial charge in [0.15, 0.2) is 5.13 Å². The third-order valence-electron chi connectivity index (χ3n) is 7.58. The van der Waals surface area contributed by atoms with Crippen molar-refractivity contribution in [1.82, 2.24) is 10.3 Å². The standard InChI is InChI=1S/C39H27Cl2N5O5S2/c40-28-15-14-26(32(41)22-28)21-33(43-36(47)25-10-5-2-6-11-25)37(48)42-29-16-18-31(19-17-29)53-35(24-8-3-1-4-9-24)38(49)45-39-44-34(23-52-39)27-12-7-13-30(20-27)46(50)51/h1-23,35H,(H,42,48)(H,43,47)(H,44,45,49)/b33-21-. The van der Waals surface area contributed by atoms with Crippen LogP contribution in [0.1, 0.15) is 26.7 Å². The molecule has 1 heterocycles. The molecule has 6 aromatic rings. The summed E-state index contributed by atoms with van der Waals surface area (Å²) < 4.78 is 0. The molecular weight excluding hydrogens is 753 g/mol. The van der Waals surface area contributed by atoms with Gasteiger partial charge in [-0.1, -0.05) is 89.9 Å². The molecule has 3 N–H and O–H groups in total. The number of thiazole rings is 1. The molecule has 1 unspecified atom stereocenters. The van der Waals surface area contributed by atoms with E-state index in [-0.39, 0.29) is 17.3 Å². The maximum absolute atomic E-state index is 13.7. The number of nitro groups is 1. The Balaban J connectivity index is 1.18. The molecule has 0 aliphatic carbocycles. The average Bonchev–Trinajstić information content (AvgIpc) is 3.64. The van der Waals surface area contributed by atoms with Gasteiger partial charge in [0.1, 0.15) is 10.9 Å². The van der Waals surface area contributed by atoms with Gasteiger partial charge in [-0.25, -0.2) is 4.98 Å². The van der Waals surface area contributed by atoms with Crippen molar-refractivity contribution in [3.63, 3.8) is 0 Å². The minimum absolute atomic E-state index is 0.0434. The molecule has 14 heteroatoms. The number of halogens is 2. The molecule has 0 bridgehead atoms. The molecular formula is C39H27Cl2N5O5S2. The fourth-order valence-corrected chi connectivity index (χ4v) is 7.19. The van der Waals surface area contributed by atoms with Gasteiger partial charge in [-0.2, -0.15) is 0 Å². The van der Waals surface area contributed by atoms with Gasteiger partial charge in [-0.3, -0.25) is 24.5 Å². The Morgan fingerprint density at radius 2 is 1.55 bits per heavy atom. The first-order chi connectivity index (χ1) is 25.6. The third kappa shape index (κ3) is 9.76. The van der Waals surface area contributed by atoms with E-state index in [1.54, 1.807) is 84.2 Å². The van der Waals surface area contributed by atoms with Crippen LogP contribution in [0.2, 0.25) is 10.0 Å². The Morgan fingerprint density at radius 3 is 2.25 bits per heavy atom. The van der Waals surface area contributed by atoms with Crippen molar-refractivity contribution in [2.45, 2.75) is 10.1 Å². The lowest BCUT2D eigenvalue weighted by atomic mass is 10.1. The first-order valence-electron chi connectivity index (χ1n) is 15.8. The smallest absolute Gasteiger partial charge is 0.272 e. The van der Waals surface area contributed by atoms with Gasteiger partial charge in [0, 0.05) is 49.3 Å². The van der Waals surface area contributed by atoms with Crippen molar-refractivity contribution in [2.24, 2.45) is 0 Å². The predicted molar refractivity (Wildman–Crippen MR) is 211 cm³/mol. The predicted octanol–water partition coefficient (Wildman–Crippen LogP) is 9.91. The van der Waals surface area contributed by atoms with Gasteiger partial charge in [-0.05, 0) is 65.7 Å². The number of aromatic nitrogens is 1. The Bertz CT molecular complexity index is 2320. The van der Waals surface area contributed by atoms with Gasteiger partial charge in [-0.15, -0.1) is 23.1 Å². The number of carbonyl (C=O) groups excluding carboxylic acids is 3. The minimum Gasteiger partial charge on any atom is -0.321 e. The minimum atomic E-state index is -0.673. The van der Waals surface area contributed by atoms with Crippen LogP contribution in [0.4, 0.5) is 16.5 Å². The second-order valence-corrected chi connectivity index (χ2v) is 14.1. The summed E-state index contributed by atoms with van der Waals surface area (Å²) in [5.41, 5.74) is 3.01. The van der Waals surface area contributed by atoms with Crippen molar-refractivity contribution < 1.29 is 19.3 Å². The highest BCUT2D eigenvalue weighted by Crippen LogP contribution is 2.37. The van der Waals surface area contributed by atoms with Crippen LogP contribution in [-0.4, -0.2) is 27.6 Å². The summed E-state index contributed by atoms with van der Waals surface area (Å²) in [7, 11) is 0. The van der Waals surface area contributed by atoms with Crippen LogP contribution < -0.4 is 16.0 Å². The van der Waals surface area contributed by atoms with Gasteiger partial charge < -0.3 is 16.0 Å². The van der Waals surface area contributed by atoms with E-state index < -0.39 is 22.0 Å². The number of nitro benzene ring substituents is 1. The topological polar surface area (TPSA) is 143 Å². The molecule has 53 heavy (non-hydrogen) atoms. The molecule has 3 amide bonds. The lowest BCUT2D eigenvalue weighted by Crippen LogP contribution is -2.30. The quantitative estimate of drug-likeness (QED) is 0.0486. The molecule has 264 valence electrons. The van der Waals surface area contributed by atoms with Crippen LogP contribution in [0.25, 0.3) is 17.3 Å². The molecule has 10 nitrogen and oxygen atoms in total. The summed E-state index contributed by atoms with van der Waals surface area (Å²) in [5, 5.41) is 21.8. The van der Waals surface area contributed by atoms with Crippen molar-refractivity contribution in [2.75, 3.05) is 10.6 Å². The highest BCUT2D eigenvalue weighted by molar-refractivity contribution is 8.00. The first kappa shape index (κ1) is 37.0. The number of thioether (sulfide) groups is 1. The second-order valence-electron chi connectivity index (χ2n) is 11.3. The summed E-state index contributed by atoms with van der Waals surface area (Å²) in [6, 6.07) is 35.6. The summed E-state index contributed by atoms with van der Waals surface area (Å²) in [6.45, 7) is 0. The number of hydrogen-bond donors (Lipinski definition) is 3. The Morgan fingerprint density at radius 1 is 0.830 bits per heavy atom. The molecule has 1 aromatic heterocycles. The van der Waals surface area contributed by atoms with Crippen molar-refractivity contribution >= 4 is 86.6 Å². The number of nitrogens with one attached hydrogen (secondary N) is 3. The summed E-state index contributed by atoms with van der Waals surface area (Å²) in [5.74, 6) is -1.38. The molecule has 5 aromatic carbocycles. The zero-order valence-electron chi connectivity index (χ0n) is 27.4. The maximum atomic E-state index is 13.7. The molecule has 0 fully saturated rings. The van der Waals surface area contributed by atoms with Crippen LogP contribution >= 0.6 is 46.3 Å². The lowest BCUT2D eigenvalue weighted by molar-refractivity contribution is -0.384. The van der Waals surface area contributed by atoms with Crippen LogP contribution in [0.15, 0.2) is 143 Å². The lowest BCUT2D eigenvalue weighted by Gasteiger charge is -2.17. The molecule has 0 spiro atoms. The van der Waals surface area contributed by atoms with Gasteiger partial charge >= 0.3 is 0 Å². The van der Waals surface area contributed by atoms with E-state index >= 15 is 0 Å². The van der Waals surface area contributed by atoms with Gasteiger partial charge in [0.05, 0.1) is 10.6 Å². The summed E-state index contributed by atoms with van der Waals surface area (Å²) >= 11 is 15.0. The number of carbonyl (C=O) groups is 3.